The van der Waals surface area contributed by atoms with Crippen LogP contribution in [0.5, 0.6) is 0 Å². The molecular formula is C17H22O5. The van der Waals surface area contributed by atoms with E-state index in [1.54, 1.807) is 26.8 Å². The number of hydrogen-bond acceptors (Lipinski definition) is 5. The van der Waals surface area contributed by atoms with Crippen LogP contribution in [0.15, 0.2) is 33.9 Å². The van der Waals surface area contributed by atoms with Gasteiger partial charge in [-0.15, -0.1) is 0 Å². The Hall–Kier alpha value is -2.17. The lowest BCUT2D eigenvalue weighted by molar-refractivity contribution is -0.116. The van der Waals surface area contributed by atoms with Gasteiger partial charge in [0.05, 0.1) is 7.11 Å². The van der Waals surface area contributed by atoms with Crippen LogP contribution in [0.4, 0.5) is 4.79 Å². The van der Waals surface area contributed by atoms with Crippen molar-refractivity contribution < 1.29 is 23.9 Å². The van der Waals surface area contributed by atoms with E-state index in [0.29, 0.717) is 35.1 Å². The summed E-state index contributed by atoms with van der Waals surface area (Å²) in [6.45, 7) is 7.09. The minimum absolute atomic E-state index is 0.0480. The van der Waals surface area contributed by atoms with Crippen LogP contribution in [0.25, 0.3) is 0 Å². The summed E-state index contributed by atoms with van der Waals surface area (Å²) in [5, 5.41) is 0. The Labute approximate surface area is 130 Å². The van der Waals surface area contributed by atoms with Gasteiger partial charge in [-0.1, -0.05) is 5.57 Å². The Morgan fingerprint density at radius 2 is 1.64 bits per heavy atom. The van der Waals surface area contributed by atoms with E-state index in [1.165, 1.54) is 7.11 Å². The number of ether oxygens (including phenoxy) is 2. The molecule has 5 nitrogen and oxygen atoms in total. The smallest absolute Gasteiger partial charge is 0.438 e. The highest BCUT2D eigenvalue weighted by Crippen LogP contribution is 2.27. The van der Waals surface area contributed by atoms with Gasteiger partial charge < -0.3 is 9.47 Å². The van der Waals surface area contributed by atoms with Gasteiger partial charge in [-0.3, -0.25) is 9.59 Å². The molecule has 0 saturated carbocycles. The molecule has 0 aliphatic heterocycles. The van der Waals surface area contributed by atoms with Crippen molar-refractivity contribution in [2.75, 3.05) is 13.7 Å². The molecule has 0 aromatic rings. The molecule has 0 N–H and O–H groups in total. The van der Waals surface area contributed by atoms with Crippen LogP contribution in [-0.4, -0.2) is 31.4 Å². The van der Waals surface area contributed by atoms with Crippen LogP contribution in [0.2, 0.25) is 0 Å². The number of ketones is 2. The molecule has 5 heteroatoms. The lowest BCUT2D eigenvalue weighted by atomic mass is 9.83. The van der Waals surface area contributed by atoms with Crippen molar-refractivity contribution in [3.8, 4) is 0 Å². The third-order valence-electron chi connectivity index (χ3n) is 3.88. The van der Waals surface area contributed by atoms with Crippen LogP contribution < -0.4 is 0 Å². The normalized spacial score (nSPS) is 16.3. The minimum Gasteiger partial charge on any atom is -0.438 e. The van der Waals surface area contributed by atoms with E-state index in [4.69, 9.17) is 4.74 Å². The third kappa shape index (κ3) is 4.16. The van der Waals surface area contributed by atoms with Gasteiger partial charge >= 0.3 is 6.16 Å². The van der Waals surface area contributed by atoms with Crippen LogP contribution in [0.1, 0.15) is 40.5 Å². The van der Waals surface area contributed by atoms with Gasteiger partial charge in [0.1, 0.15) is 6.61 Å². The fourth-order valence-electron chi connectivity index (χ4n) is 2.19. The molecule has 0 bridgehead atoms. The number of Topliss-reactive ketones (excluding diaryl/α,β-unsaturated/α-hetero) is 2. The molecule has 0 spiro atoms. The maximum absolute atomic E-state index is 12.3. The van der Waals surface area contributed by atoms with Crippen molar-refractivity contribution in [2.24, 2.45) is 0 Å². The molecule has 0 aromatic heterocycles. The van der Waals surface area contributed by atoms with E-state index in [9.17, 15) is 14.4 Å². The fraction of sp³-hybridized carbons (Fsp3) is 0.471. The van der Waals surface area contributed by atoms with Gasteiger partial charge in [-0.2, -0.15) is 0 Å². The first-order valence-electron chi connectivity index (χ1n) is 7.12. The largest absolute Gasteiger partial charge is 0.508 e. The van der Waals surface area contributed by atoms with Crippen LogP contribution in [0.3, 0.4) is 0 Å². The Kier molecular flexibility index (Phi) is 6.28. The first kappa shape index (κ1) is 17.9. The number of rotatable bonds is 5. The molecule has 22 heavy (non-hydrogen) atoms. The lowest BCUT2D eigenvalue weighted by Crippen LogP contribution is -2.20. The predicted molar refractivity (Wildman–Crippen MR) is 82.4 cm³/mol. The molecule has 0 amide bonds. The van der Waals surface area contributed by atoms with Gasteiger partial charge in [0.15, 0.2) is 11.6 Å². The molecule has 120 valence electrons. The number of carbonyl (C=O) groups is 3. The van der Waals surface area contributed by atoms with Gasteiger partial charge in [-0.05, 0) is 46.6 Å². The molecule has 0 atom stereocenters. The monoisotopic (exact) mass is 306 g/mol. The number of carbonyl (C=O) groups excluding carboxylic acids is 3. The van der Waals surface area contributed by atoms with E-state index in [2.05, 4.69) is 4.74 Å². The van der Waals surface area contributed by atoms with Crippen molar-refractivity contribution in [2.45, 2.75) is 40.5 Å². The van der Waals surface area contributed by atoms with E-state index >= 15 is 0 Å². The quantitative estimate of drug-likeness (QED) is 0.443. The second-order valence-corrected chi connectivity index (χ2v) is 5.33. The van der Waals surface area contributed by atoms with Crippen molar-refractivity contribution in [3.05, 3.63) is 33.9 Å². The van der Waals surface area contributed by atoms with Crippen molar-refractivity contribution in [3.63, 3.8) is 0 Å². The first-order chi connectivity index (χ1) is 10.3. The average molecular weight is 306 g/mol. The molecule has 0 unspecified atom stereocenters. The zero-order valence-corrected chi connectivity index (χ0v) is 13.7. The number of allylic oxidation sites excluding steroid dienone is 5. The van der Waals surface area contributed by atoms with E-state index < -0.39 is 6.16 Å². The van der Waals surface area contributed by atoms with Gasteiger partial charge in [0.2, 0.25) is 0 Å². The summed E-state index contributed by atoms with van der Waals surface area (Å²) in [7, 11) is 1.25. The molecule has 0 fully saturated rings. The van der Waals surface area contributed by atoms with Crippen molar-refractivity contribution in [1.82, 2.24) is 0 Å². The van der Waals surface area contributed by atoms with Gasteiger partial charge in [0, 0.05) is 22.3 Å². The second kappa shape index (κ2) is 7.73. The summed E-state index contributed by atoms with van der Waals surface area (Å²) in [6.07, 6.45) is 2.16. The highest BCUT2D eigenvalue weighted by atomic mass is 16.7. The van der Waals surface area contributed by atoms with Crippen LogP contribution >= 0.6 is 0 Å². The molecule has 0 aromatic carbocycles. The predicted octanol–water partition coefficient (Wildman–Crippen LogP) is 3.30. The Bertz CT molecular complexity index is 590. The molecule has 0 saturated heterocycles. The highest BCUT2D eigenvalue weighted by Gasteiger charge is 2.27. The average Bonchev–Trinajstić information content (AvgIpc) is 2.50. The zero-order valence-electron chi connectivity index (χ0n) is 13.7. The molecule has 1 rings (SSSR count). The summed E-state index contributed by atoms with van der Waals surface area (Å²) in [4.78, 5) is 35.2. The van der Waals surface area contributed by atoms with Crippen molar-refractivity contribution in [1.29, 1.82) is 0 Å². The molecular weight excluding hydrogens is 284 g/mol. The topological polar surface area (TPSA) is 69.7 Å². The summed E-state index contributed by atoms with van der Waals surface area (Å²) >= 11 is 0. The van der Waals surface area contributed by atoms with E-state index in [0.717, 1.165) is 5.57 Å². The molecule has 1 aliphatic carbocycles. The number of hydrogen-bond donors (Lipinski definition) is 0. The van der Waals surface area contributed by atoms with E-state index in [1.807, 2.05) is 6.92 Å². The van der Waals surface area contributed by atoms with Crippen LogP contribution in [0, 0.1) is 0 Å². The lowest BCUT2D eigenvalue weighted by Gasteiger charge is -2.18. The molecule has 0 heterocycles. The van der Waals surface area contributed by atoms with E-state index in [-0.39, 0.29) is 18.2 Å². The second-order valence-electron chi connectivity index (χ2n) is 5.33. The number of methoxy groups -OCH3 is 1. The summed E-state index contributed by atoms with van der Waals surface area (Å²) < 4.78 is 9.13. The fourth-order valence-corrected chi connectivity index (χ4v) is 2.19. The Balaban J connectivity index is 2.68. The summed E-state index contributed by atoms with van der Waals surface area (Å²) in [5.74, 6) is -0.101. The van der Waals surface area contributed by atoms with Gasteiger partial charge in [0.25, 0.3) is 0 Å². The molecule has 1 aliphatic rings. The summed E-state index contributed by atoms with van der Waals surface area (Å²) in [6, 6.07) is 0. The maximum atomic E-state index is 12.3. The minimum atomic E-state index is -0.730. The molecule has 0 radical (unpaired) electrons. The Morgan fingerprint density at radius 1 is 1.05 bits per heavy atom. The van der Waals surface area contributed by atoms with Crippen molar-refractivity contribution >= 4 is 17.7 Å². The first-order valence-corrected chi connectivity index (χ1v) is 7.12. The standard InChI is InChI=1S/C17H22O5/c1-10(8-9-22-17(20)21-5)6-7-14-13(4)15(18)11(2)12(3)16(14)19/h8H,6-7,9H2,1-5H3/b10-8+. The summed E-state index contributed by atoms with van der Waals surface area (Å²) in [5.41, 5.74) is 3.15. The third-order valence-corrected chi connectivity index (χ3v) is 3.88. The maximum Gasteiger partial charge on any atom is 0.508 e. The van der Waals surface area contributed by atoms with Crippen LogP contribution in [-0.2, 0) is 19.1 Å². The van der Waals surface area contributed by atoms with Gasteiger partial charge in [-0.25, -0.2) is 4.79 Å². The SMILES string of the molecule is COC(=O)OC/C=C(\C)CCC1=C(C)C(=O)C(C)=C(C)C1=O. The Morgan fingerprint density at radius 3 is 2.23 bits per heavy atom. The highest BCUT2D eigenvalue weighted by molar-refractivity contribution is 6.24. The zero-order chi connectivity index (χ0) is 16.9.